The summed E-state index contributed by atoms with van der Waals surface area (Å²) in [6.45, 7) is 7.33. The molecule has 1 N–H and O–H groups in total. The molecule has 0 unspecified atom stereocenters. The molecular formula is C24H31Cl2N3O4S. The summed E-state index contributed by atoms with van der Waals surface area (Å²) in [5.41, 5.74) is 2.80. The van der Waals surface area contributed by atoms with Crippen molar-refractivity contribution < 1.29 is 18.0 Å². The molecule has 0 saturated heterocycles. The third kappa shape index (κ3) is 7.61. The van der Waals surface area contributed by atoms with Crippen molar-refractivity contribution in [3.8, 4) is 0 Å². The van der Waals surface area contributed by atoms with Gasteiger partial charge in [0.1, 0.15) is 12.6 Å². The van der Waals surface area contributed by atoms with Crippen LogP contribution in [0.2, 0.25) is 10.0 Å². The Morgan fingerprint density at radius 2 is 1.65 bits per heavy atom. The first-order valence-electron chi connectivity index (χ1n) is 10.9. The summed E-state index contributed by atoms with van der Waals surface area (Å²) in [6.07, 6.45) is 1.80. The molecule has 0 saturated carbocycles. The normalized spacial score (nSPS) is 12.2. The van der Waals surface area contributed by atoms with Crippen LogP contribution in [0.15, 0.2) is 36.4 Å². The molecule has 0 heterocycles. The first-order chi connectivity index (χ1) is 15.8. The average molecular weight is 529 g/mol. The highest BCUT2D eigenvalue weighted by Crippen LogP contribution is 2.25. The number of benzene rings is 2. The third-order valence-electron chi connectivity index (χ3n) is 5.23. The number of carbonyl (C=O) groups excluding carboxylic acids is 2. The lowest BCUT2D eigenvalue weighted by Gasteiger charge is -2.31. The van der Waals surface area contributed by atoms with Crippen LogP contribution in [0.25, 0.3) is 0 Å². The Bertz CT molecular complexity index is 1130. The molecule has 186 valence electrons. The van der Waals surface area contributed by atoms with E-state index in [0.29, 0.717) is 27.8 Å². The molecule has 2 amide bonds. The van der Waals surface area contributed by atoms with Crippen molar-refractivity contribution >= 4 is 50.7 Å². The van der Waals surface area contributed by atoms with Crippen LogP contribution in [0.4, 0.5) is 5.69 Å². The number of rotatable bonds is 10. The maximum absolute atomic E-state index is 13.5. The molecule has 2 rings (SSSR count). The zero-order valence-electron chi connectivity index (χ0n) is 20.1. The minimum atomic E-state index is -3.78. The molecule has 2 aromatic carbocycles. The Labute approximate surface area is 212 Å². The fourth-order valence-electron chi connectivity index (χ4n) is 3.52. The van der Waals surface area contributed by atoms with Gasteiger partial charge in [-0.3, -0.25) is 13.9 Å². The second-order valence-electron chi connectivity index (χ2n) is 8.35. The van der Waals surface area contributed by atoms with Gasteiger partial charge in [0.2, 0.25) is 21.8 Å². The second kappa shape index (κ2) is 11.9. The fourth-order valence-corrected chi connectivity index (χ4v) is 4.68. The number of nitrogens with zero attached hydrogens (tertiary/aromatic N) is 2. The van der Waals surface area contributed by atoms with Gasteiger partial charge >= 0.3 is 0 Å². The lowest BCUT2D eigenvalue weighted by atomic mass is 10.1. The van der Waals surface area contributed by atoms with Crippen LogP contribution in [0.3, 0.4) is 0 Å². The summed E-state index contributed by atoms with van der Waals surface area (Å²) < 4.78 is 26.3. The van der Waals surface area contributed by atoms with Crippen LogP contribution in [0, 0.1) is 13.8 Å². The summed E-state index contributed by atoms with van der Waals surface area (Å²) in [6, 6.07) is 9.45. The van der Waals surface area contributed by atoms with Crippen molar-refractivity contribution in [3.05, 3.63) is 63.1 Å². The largest absolute Gasteiger partial charge is 0.354 e. The van der Waals surface area contributed by atoms with Crippen LogP contribution in [0.1, 0.15) is 37.0 Å². The van der Waals surface area contributed by atoms with E-state index < -0.39 is 28.5 Å². The van der Waals surface area contributed by atoms with Crippen molar-refractivity contribution in [2.45, 2.75) is 46.7 Å². The summed E-state index contributed by atoms with van der Waals surface area (Å²) >= 11 is 12.2. The molecule has 0 aliphatic heterocycles. The molecule has 0 bridgehead atoms. The summed E-state index contributed by atoms with van der Waals surface area (Å²) in [7, 11) is -3.78. The molecule has 1 atom stereocenters. The molecule has 0 radical (unpaired) electrons. The smallest absolute Gasteiger partial charge is 0.244 e. The van der Waals surface area contributed by atoms with E-state index in [-0.39, 0.29) is 12.5 Å². The van der Waals surface area contributed by atoms with Gasteiger partial charge in [-0.05, 0) is 68.1 Å². The predicted molar refractivity (Wildman–Crippen MR) is 138 cm³/mol. The van der Waals surface area contributed by atoms with E-state index >= 15 is 0 Å². The van der Waals surface area contributed by atoms with Crippen molar-refractivity contribution in [1.82, 2.24) is 10.2 Å². The molecule has 0 spiro atoms. The molecule has 0 fully saturated rings. The molecular weight excluding hydrogens is 497 g/mol. The first kappa shape index (κ1) is 28.0. The van der Waals surface area contributed by atoms with Crippen LogP contribution in [0.5, 0.6) is 0 Å². The van der Waals surface area contributed by atoms with E-state index in [0.717, 1.165) is 28.1 Å². The van der Waals surface area contributed by atoms with Crippen molar-refractivity contribution in [1.29, 1.82) is 0 Å². The van der Waals surface area contributed by atoms with E-state index in [9.17, 15) is 18.0 Å². The lowest BCUT2D eigenvalue weighted by molar-refractivity contribution is -0.139. The predicted octanol–water partition coefficient (Wildman–Crippen LogP) is 4.32. The van der Waals surface area contributed by atoms with Gasteiger partial charge in [0.15, 0.2) is 0 Å². The SMILES string of the molecule is CCCNC(=O)[C@@H](C)N(Cc1ccc(Cl)c(Cl)c1)C(=O)CN(c1cc(C)cc(C)c1)S(C)(=O)=O. The number of aryl methyl sites for hydroxylation is 2. The van der Waals surface area contributed by atoms with E-state index in [2.05, 4.69) is 5.32 Å². The minimum Gasteiger partial charge on any atom is -0.354 e. The molecule has 7 nitrogen and oxygen atoms in total. The number of hydrogen-bond acceptors (Lipinski definition) is 4. The van der Waals surface area contributed by atoms with E-state index in [1.54, 1.807) is 37.3 Å². The highest BCUT2D eigenvalue weighted by Gasteiger charge is 2.30. The number of nitrogens with one attached hydrogen (secondary N) is 1. The van der Waals surface area contributed by atoms with Crippen LogP contribution in [-0.2, 0) is 26.2 Å². The number of amides is 2. The number of anilines is 1. The van der Waals surface area contributed by atoms with Gasteiger partial charge in [-0.1, -0.05) is 42.3 Å². The number of halogens is 2. The number of hydrogen-bond donors (Lipinski definition) is 1. The van der Waals surface area contributed by atoms with Crippen LogP contribution in [-0.4, -0.2) is 50.5 Å². The van der Waals surface area contributed by atoms with Crippen molar-refractivity contribution in [2.24, 2.45) is 0 Å². The Kier molecular flexibility index (Phi) is 9.79. The average Bonchev–Trinajstić information content (AvgIpc) is 2.74. The van der Waals surface area contributed by atoms with Crippen molar-refractivity contribution in [3.63, 3.8) is 0 Å². The van der Waals surface area contributed by atoms with Gasteiger partial charge in [-0.15, -0.1) is 0 Å². The zero-order chi connectivity index (χ0) is 25.6. The maximum Gasteiger partial charge on any atom is 0.244 e. The third-order valence-corrected chi connectivity index (χ3v) is 7.11. The highest BCUT2D eigenvalue weighted by molar-refractivity contribution is 7.92. The topological polar surface area (TPSA) is 86.8 Å². The molecule has 10 heteroatoms. The minimum absolute atomic E-state index is 0.0564. The standard InChI is InChI=1S/C24H31Cl2N3O4S/c1-6-9-27-24(31)18(4)28(14-19-7-8-21(25)22(26)13-19)23(30)15-29(34(5,32)33)20-11-16(2)10-17(3)12-20/h7-8,10-13,18H,6,9,14-15H2,1-5H3,(H,27,31)/t18-/m1/s1. The quantitative estimate of drug-likeness (QED) is 0.498. The summed E-state index contributed by atoms with van der Waals surface area (Å²) in [5, 5.41) is 3.48. The molecule has 34 heavy (non-hydrogen) atoms. The van der Waals surface area contributed by atoms with Gasteiger partial charge in [-0.25, -0.2) is 8.42 Å². The van der Waals surface area contributed by atoms with E-state index in [4.69, 9.17) is 23.2 Å². The van der Waals surface area contributed by atoms with E-state index in [1.165, 1.54) is 4.90 Å². The van der Waals surface area contributed by atoms with Crippen LogP contribution >= 0.6 is 23.2 Å². The van der Waals surface area contributed by atoms with Gasteiger partial charge in [0.05, 0.1) is 22.0 Å². The monoisotopic (exact) mass is 527 g/mol. The molecule has 2 aromatic rings. The van der Waals surface area contributed by atoms with Crippen LogP contribution < -0.4 is 9.62 Å². The summed E-state index contributed by atoms with van der Waals surface area (Å²) in [5.74, 6) is -0.845. The van der Waals surface area contributed by atoms with Gasteiger partial charge in [0, 0.05) is 13.1 Å². The Balaban J connectivity index is 2.42. The molecule has 0 aliphatic rings. The number of carbonyl (C=O) groups is 2. The zero-order valence-corrected chi connectivity index (χ0v) is 22.4. The van der Waals surface area contributed by atoms with Gasteiger partial charge in [-0.2, -0.15) is 0 Å². The Hall–Kier alpha value is -2.29. The Morgan fingerprint density at radius 1 is 1.03 bits per heavy atom. The Morgan fingerprint density at radius 3 is 2.18 bits per heavy atom. The van der Waals surface area contributed by atoms with Crippen molar-refractivity contribution in [2.75, 3.05) is 23.7 Å². The fraction of sp³-hybridized carbons (Fsp3) is 0.417. The molecule has 0 aromatic heterocycles. The van der Waals surface area contributed by atoms with Gasteiger partial charge in [0.25, 0.3) is 0 Å². The number of sulfonamides is 1. The maximum atomic E-state index is 13.5. The molecule has 0 aliphatic carbocycles. The van der Waals surface area contributed by atoms with E-state index in [1.807, 2.05) is 26.8 Å². The second-order valence-corrected chi connectivity index (χ2v) is 11.1. The lowest BCUT2D eigenvalue weighted by Crippen LogP contribution is -2.51. The van der Waals surface area contributed by atoms with Gasteiger partial charge < -0.3 is 10.2 Å². The first-order valence-corrected chi connectivity index (χ1v) is 13.5. The summed E-state index contributed by atoms with van der Waals surface area (Å²) in [4.78, 5) is 27.6. The highest BCUT2D eigenvalue weighted by atomic mass is 35.5.